The van der Waals surface area contributed by atoms with Gasteiger partial charge < -0.3 is 20.1 Å². The summed E-state index contributed by atoms with van der Waals surface area (Å²) in [6.07, 6.45) is 0. The van der Waals surface area contributed by atoms with Crippen LogP contribution in [0.2, 0.25) is 0 Å². The summed E-state index contributed by atoms with van der Waals surface area (Å²) in [4.78, 5) is 24.4. The summed E-state index contributed by atoms with van der Waals surface area (Å²) in [6.45, 7) is 3.59. The molecule has 0 aliphatic rings. The summed E-state index contributed by atoms with van der Waals surface area (Å²) in [6, 6.07) is 11.9. The van der Waals surface area contributed by atoms with Crippen molar-refractivity contribution in [3.8, 4) is 11.5 Å². The summed E-state index contributed by atoms with van der Waals surface area (Å²) in [7, 11) is 3.09. The predicted octanol–water partition coefficient (Wildman–Crippen LogP) is 3.55. The van der Waals surface area contributed by atoms with Crippen LogP contribution in [0.4, 0.5) is 11.4 Å². The van der Waals surface area contributed by atoms with Crippen LogP contribution in [0.3, 0.4) is 0 Å². The van der Waals surface area contributed by atoms with Crippen molar-refractivity contribution in [2.24, 2.45) is 5.92 Å². The topological polar surface area (TPSA) is 76.7 Å². The zero-order valence-electron chi connectivity index (χ0n) is 14.8. The lowest BCUT2D eigenvalue weighted by atomic mass is 10.1. The monoisotopic (exact) mass is 342 g/mol. The number of benzene rings is 2. The van der Waals surface area contributed by atoms with Gasteiger partial charge in [-0.3, -0.25) is 9.59 Å². The van der Waals surface area contributed by atoms with Crippen LogP contribution in [-0.2, 0) is 4.79 Å². The number of methoxy groups -OCH3 is 2. The van der Waals surface area contributed by atoms with E-state index in [4.69, 9.17) is 9.47 Å². The first-order valence-corrected chi connectivity index (χ1v) is 7.89. The molecule has 2 N–H and O–H groups in total. The minimum absolute atomic E-state index is 0.147. The number of rotatable bonds is 6. The van der Waals surface area contributed by atoms with Crippen molar-refractivity contribution in [2.75, 3.05) is 24.9 Å². The Hall–Kier alpha value is -3.02. The molecule has 0 saturated heterocycles. The van der Waals surface area contributed by atoms with Crippen LogP contribution < -0.4 is 20.1 Å². The third kappa shape index (κ3) is 4.73. The first-order chi connectivity index (χ1) is 11.9. The van der Waals surface area contributed by atoms with Gasteiger partial charge in [-0.2, -0.15) is 0 Å². The highest BCUT2D eigenvalue weighted by molar-refractivity contribution is 6.06. The molecule has 0 spiro atoms. The molecule has 2 aromatic rings. The fourth-order valence-electron chi connectivity index (χ4n) is 2.10. The van der Waals surface area contributed by atoms with Gasteiger partial charge in [0.25, 0.3) is 5.91 Å². The lowest BCUT2D eigenvalue weighted by Gasteiger charge is -2.13. The van der Waals surface area contributed by atoms with Gasteiger partial charge in [-0.15, -0.1) is 0 Å². The first-order valence-electron chi connectivity index (χ1n) is 7.89. The maximum atomic E-state index is 12.4. The van der Waals surface area contributed by atoms with E-state index in [9.17, 15) is 9.59 Å². The average molecular weight is 342 g/mol. The maximum absolute atomic E-state index is 12.4. The van der Waals surface area contributed by atoms with E-state index in [1.54, 1.807) is 63.4 Å². The van der Waals surface area contributed by atoms with Gasteiger partial charge in [-0.1, -0.05) is 13.8 Å². The summed E-state index contributed by atoms with van der Waals surface area (Å²) in [5.41, 5.74) is 1.52. The Kier molecular flexibility index (Phi) is 6.00. The second kappa shape index (κ2) is 8.19. The van der Waals surface area contributed by atoms with Crippen LogP contribution >= 0.6 is 0 Å². The van der Waals surface area contributed by atoms with Crippen LogP contribution in [0, 0.1) is 5.92 Å². The van der Waals surface area contributed by atoms with Crippen molar-refractivity contribution < 1.29 is 19.1 Å². The Bertz CT molecular complexity index is 755. The van der Waals surface area contributed by atoms with Crippen LogP contribution in [0.25, 0.3) is 0 Å². The smallest absolute Gasteiger partial charge is 0.255 e. The zero-order chi connectivity index (χ0) is 18.4. The van der Waals surface area contributed by atoms with E-state index in [0.717, 1.165) is 0 Å². The van der Waals surface area contributed by atoms with Crippen molar-refractivity contribution in [3.05, 3.63) is 48.0 Å². The average Bonchev–Trinajstić information content (AvgIpc) is 2.62. The first kappa shape index (κ1) is 18.3. The third-order valence-corrected chi connectivity index (χ3v) is 3.59. The van der Waals surface area contributed by atoms with E-state index < -0.39 is 0 Å². The molecule has 0 aromatic heterocycles. The van der Waals surface area contributed by atoms with E-state index in [-0.39, 0.29) is 17.7 Å². The van der Waals surface area contributed by atoms with Crippen LogP contribution in [0.5, 0.6) is 11.5 Å². The highest BCUT2D eigenvalue weighted by Crippen LogP contribution is 2.26. The molecule has 0 bridgehead atoms. The maximum Gasteiger partial charge on any atom is 0.255 e. The molecule has 2 aromatic carbocycles. The molecule has 0 heterocycles. The lowest BCUT2D eigenvalue weighted by Crippen LogP contribution is -2.19. The number of nitrogens with one attached hydrogen (secondary N) is 2. The molecule has 0 aliphatic heterocycles. The minimum atomic E-state index is -0.284. The third-order valence-electron chi connectivity index (χ3n) is 3.59. The normalized spacial score (nSPS) is 10.3. The van der Waals surface area contributed by atoms with Crippen LogP contribution in [0.15, 0.2) is 42.5 Å². The largest absolute Gasteiger partial charge is 0.497 e. The molecule has 0 fully saturated rings. The Labute approximate surface area is 147 Å². The van der Waals surface area contributed by atoms with E-state index in [1.807, 2.05) is 0 Å². The minimum Gasteiger partial charge on any atom is -0.497 e. The SMILES string of the molecule is COc1ccc(NC(=O)c2ccc(OC)c(NC(=O)C(C)C)c2)cc1. The molecule has 0 aliphatic carbocycles. The Morgan fingerprint density at radius 1 is 0.920 bits per heavy atom. The second-order valence-corrected chi connectivity index (χ2v) is 5.74. The number of carbonyl (C=O) groups is 2. The molecule has 0 unspecified atom stereocenters. The van der Waals surface area contributed by atoms with Crippen molar-refractivity contribution in [2.45, 2.75) is 13.8 Å². The fraction of sp³-hybridized carbons (Fsp3) is 0.263. The van der Waals surface area contributed by atoms with E-state index in [1.165, 1.54) is 7.11 Å². The van der Waals surface area contributed by atoms with Crippen molar-refractivity contribution in [1.82, 2.24) is 0 Å². The van der Waals surface area contributed by atoms with Gasteiger partial charge >= 0.3 is 0 Å². The summed E-state index contributed by atoms with van der Waals surface area (Å²) in [5.74, 6) is 0.594. The van der Waals surface area contributed by atoms with Gasteiger partial charge in [0.15, 0.2) is 0 Å². The summed E-state index contributed by atoms with van der Waals surface area (Å²) >= 11 is 0. The van der Waals surface area contributed by atoms with Gasteiger partial charge in [-0.25, -0.2) is 0 Å². The van der Waals surface area contributed by atoms with Crippen LogP contribution in [-0.4, -0.2) is 26.0 Å². The molecule has 6 heteroatoms. The van der Waals surface area contributed by atoms with Crippen molar-refractivity contribution >= 4 is 23.2 Å². The Morgan fingerprint density at radius 2 is 1.60 bits per heavy atom. The van der Waals surface area contributed by atoms with E-state index in [2.05, 4.69) is 10.6 Å². The number of hydrogen-bond donors (Lipinski definition) is 2. The van der Waals surface area contributed by atoms with Crippen molar-refractivity contribution in [3.63, 3.8) is 0 Å². The van der Waals surface area contributed by atoms with E-state index >= 15 is 0 Å². The summed E-state index contributed by atoms with van der Waals surface area (Å²) in [5, 5.41) is 5.58. The summed E-state index contributed by atoms with van der Waals surface area (Å²) < 4.78 is 10.3. The Balaban J connectivity index is 2.19. The molecule has 25 heavy (non-hydrogen) atoms. The molecule has 0 saturated carbocycles. The molecular formula is C19H22N2O4. The second-order valence-electron chi connectivity index (χ2n) is 5.74. The molecule has 0 radical (unpaired) electrons. The number of anilines is 2. The number of hydrogen-bond acceptors (Lipinski definition) is 4. The highest BCUT2D eigenvalue weighted by atomic mass is 16.5. The van der Waals surface area contributed by atoms with Gasteiger partial charge in [-0.05, 0) is 42.5 Å². The highest BCUT2D eigenvalue weighted by Gasteiger charge is 2.14. The van der Waals surface area contributed by atoms with Crippen LogP contribution in [0.1, 0.15) is 24.2 Å². The lowest BCUT2D eigenvalue weighted by molar-refractivity contribution is -0.118. The molecule has 0 atom stereocenters. The van der Waals surface area contributed by atoms with E-state index in [0.29, 0.717) is 28.4 Å². The van der Waals surface area contributed by atoms with Gasteiger partial charge in [0.2, 0.25) is 5.91 Å². The number of carbonyl (C=O) groups excluding carboxylic acids is 2. The standard InChI is InChI=1S/C19H22N2O4/c1-12(2)18(22)21-16-11-13(5-10-17(16)25-4)19(23)20-14-6-8-15(24-3)9-7-14/h5-12H,1-4H3,(H,20,23)(H,21,22). The Morgan fingerprint density at radius 3 is 2.16 bits per heavy atom. The molecular weight excluding hydrogens is 320 g/mol. The molecule has 2 rings (SSSR count). The zero-order valence-corrected chi connectivity index (χ0v) is 14.8. The molecule has 2 amide bonds. The number of amides is 2. The van der Waals surface area contributed by atoms with Crippen molar-refractivity contribution in [1.29, 1.82) is 0 Å². The quantitative estimate of drug-likeness (QED) is 0.842. The fourth-order valence-corrected chi connectivity index (χ4v) is 2.10. The van der Waals surface area contributed by atoms with Gasteiger partial charge in [0, 0.05) is 17.2 Å². The molecule has 6 nitrogen and oxygen atoms in total. The molecule has 132 valence electrons. The number of ether oxygens (including phenoxy) is 2. The van der Waals surface area contributed by atoms with Gasteiger partial charge in [0.05, 0.1) is 19.9 Å². The van der Waals surface area contributed by atoms with Gasteiger partial charge in [0.1, 0.15) is 11.5 Å². The predicted molar refractivity (Wildman–Crippen MR) is 97.4 cm³/mol.